The maximum absolute atomic E-state index is 5.76. The quantitative estimate of drug-likeness (QED) is 0.713. The smallest absolute Gasteiger partial charge is 0.121 e. The predicted octanol–water partition coefficient (Wildman–Crippen LogP) is 3.71. The van der Waals surface area contributed by atoms with Crippen LogP contribution in [0.25, 0.3) is 0 Å². The molecule has 0 fully saturated rings. The number of ether oxygens (including phenoxy) is 1. The number of alkyl halides is 1. The maximum Gasteiger partial charge on any atom is 0.121 e. The summed E-state index contributed by atoms with van der Waals surface area (Å²) < 4.78 is 4.98. The first kappa shape index (κ1) is 10.1. The first-order valence-electron chi connectivity index (χ1n) is 3.31. The average Bonchev–Trinajstić information content (AvgIpc) is 1.99. The zero-order valence-corrected chi connectivity index (χ0v) is 8.46. The fourth-order valence-corrected chi connectivity index (χ4v) is 1.50. The highest BCUT2D eigenvalue weighted by molar-refractivity contribution is 6.34. The van der Waals surface area contributed by atoms with Gasteiger partial charge in [0.15, 0.2) is 0 Å². The molecule has 0 N–H and O–H groups in total. The van der Waals surface area contributed by atoms with Gasteiger partial charge < -0.3 is 4.74 Å². The first-order valence-corrected chi connectivity index (χ1v) is 4.60. The van der Waals surface area contributed by atoms with Crippen LogP contribution in [0, 0.1) is 0 Å². The zero-order chi connectivity index (χ0) is 8.97. The third kappa shape index (κ3) is 3.20. The van der Waals surface area contributed by atoms with Gasteiger partial charge in [-0.15, -0.1) is 0 Å². The molecule has 1 aromatic carbocycles. The molecule has 0 amide bonds. The Hall–Kier alpha value is 0.0500. The minimum Gasteiger partial charge on any atom is -0.361 e. The van der Waals surface area contributed by atoms with Crippen LogP contribution >= 0.6 is 34.8 Å². The summed E-state index contributed by atoms with van der Waals surface area (Å²) in [6, 6.07) is 5.43. The Morgan fingerprint density at radius 3 is 2.17 bits per heavy atom. The molecule has 0 saturated heterocycles. The Morgan fingerprint density at radius 2 is 1.67 bits per heavy atom. The largest absolute Gasteiger partial charge is 0.361 e. The van der Waals surface area contributed by atoms with Crippen LogP contribution in [0.15, 0.2) is 18.2 Å². The minimum atomic E-state index is 0.171. The lowest BCUT2D eigenvalue weighted by molar-refractivity contribution is 0.165. The average molecular weight is 226 g/mol. The summed E-state index contributed by atoms with van der Waals surface area (Å²) in [6.45, 7) is 0.434. The third-order valence-corrected chi connectivity index (χ3v) is 1.86. The van der Waals surface area contributed by atoms with Gasteiger partial charge in [0.2, 0.25) is 0 Å². The molecule has 0 aliphatic heterocycles. The molecule has 4 heteroatoms. The van der Waals surface area contributed by atoms with Gasteiger partial charge in [0.05, 0.1) is 6.61 Å². The second-order valence-corrected chi connectivity index (χ2v) is 3.33. The van der Waals surface area contributed by atoms with Crippen LogP contribution in [0.5, 0.6) is 0 Å². The van der Waals surface area contributed by atoms with Crippen LogP contribution < -0.4 is 0 Å². The molecule has 1 nitrogen and oxygen atoms in total. The van der Waals surface area contributed by atoms with Crippen molar-refractivity contribution in [3.05, 3.63) is 33.8 Å². The normalized spacial score (nSPS) is 10.2. The second-order valence-electron chi connectivity index (χ2n) is 2.24. The topological polar surface area (TPSA) is 9.23 Å². The van der Waals surface area contributed by atoms with Crippen molar-refractivity contribution < 1.29 is 4.74 Å². The van der Waals surface area contributed by atoms with Gasteiger partial charge in [0, 0.05) is 10.0 Å². The van der Waals surface area contributed by atoms with E-state index in [1.54, 1.807) is 18.2 Å². The zero-order valence-electron chi connectivity index (χ0n) is 6.19. The van der Waals surface area contributed by atoms with E-state index in [1.807, 2.05) is 0 Å². The van der Waals surface area contributed by atoms with Crippen LogP contribution in [-0.2, 0) is 11.3 Å². The summed E-state index contributed by atoms with van der Waals surface area (Å²) in [5.74, 6) is 0. The lowest BCUT2D eigenvalue weighted by Gasteiger charge is -2.01. The first-order chi connectivity index (χ1) is 5.72. The minimum absolute atomic E-state index is 0.171. The van der Waals surface area contributed by atoms with E-state index in [0.717, 1.165) is 5.56 Å². The third-order valence-electron chi connectivity index (χ3n) is 1.27. The van der Waals surface area contributed by atoms with Crippen molar-refractivity contribution in [3.63, 3.8) is 0 Å². The molecule has 0 heterocycles. The van der Waals surface area contributed by atoms with Gasteiger partial charge in [-0.1, -0.05) is 34.8 Å². The molecule has 12 heavy (non-hydrogen) atoms. The molecule has 0 bridgehead atoms. The van der Waals surface area contributed by atoms with Crippen molar-refractivity contribution in [2.45, 2.75) is 6.61 Å². The Labute approximate surface area is 86.2 Å². The molecule has 0 radical (unpaired) electrons. The van der Waals surface area contributed by atoms with Gasteiger partial charge in [-0.2, -0.15) is 0 Å². The molecular weight excluding hydrogens is 218 g/mol. The van der Waals surface area contributed by atoms with E-state index in [9.17, 15) is 0 Å². The summed E-state index contributed by atoms with van der Waals surface area (Å²) in [4.78, 5) is 0. The van der Waals surface area contributed by atoms with Gasteiger partial charge in [-0.05, 0) is 23.8 Å². The summed E-state index contributed by atoms with van der Waals surface area (Å²) in [7, 11) is 0. The van der Waals surface area contributed by atoms with Crippen molar-refractivity contribution in [1.29, 1.82) is 0 Å². The standard InChI is InChI=1S/C8H7Cl3O/c9-5-12-4-6-1-7(10)3-8(11)2-6/h1-3H,4-5H2. The molecule has 0 atom stereocenters. The Balaban J connectivity index is 2.72. The van der Waals surface area contributed by atoms with Gasteiger partial charge in [-0.25, -0.2) is 0 Å². The Kier molecular flexibility index (Phi) is 4.16. The fraction of sp³-hybridized carbons (Fsp3) is 0.250. The number of hydrogen-bond acceptors (Lipinski definition) is 1. The molecule has 66 valence electrons. The van der Waals surface area contributed by atoms with Crippen molar-refractivity contribution in [2.24, 2.45) is 0 Å². The van der Waals surface area contributed by atoms with Crippen molar-refractivity contribution in [2.75, 3.05) is 6.07 Å². The lowest BCUT2D eigenvalue weighted by atomic mass is 10.2. The van der Waals surface area contributed by atoms with Gasteiger partial charge >= 0.3 is 0 Å². The molecule has 1 rings (SSSR count). The lowest BCUT2D eigenvalue weighted by Crippen LogP contribution is -1.89. The number of hydrogen-bond donors (Lipinski definition) is 0. The van der Waals surface area contributed by atoms with Crippen LogP contribution in [0.2, 0.25) is 10.0 Å². The van der Waals surface area contributed by atoms with Crippen LogP contribution in [0.4, 0.5) is 0 Å². The molecule has 0 spiro atoms. The van der Waals surface area contributed by atoms with Crippen molar-refractivity contribution in [1.82, 2.24) is 0 Å². The Bertz CT molecular complexity index is 242. The number of halogens is 3. The molecule has 0 unspecified atom stereocenters. The van der Waals surface area contributed by atoms with Crippen LogP contribution in [-0.4, -0.2) is 6.07 Å². The highest BCUT2D eigenvalue weighted by atomic mass is 35.5. The predicted molar refractivity (Wildman–Crippen MR) is 52.0 cm³/mol. The van der Waals surface area contributed by atoms with E-state index in [-0.39, 0.29) is 6.07 Å². The van der Waals surface area contributed by atoms with Gasteiger partial charge in [-0.3, -0.25) is 0 Å². The summed E-state index contributed by atoms with van der Waals surface area (Å²) >= 11 is 16.9. The van der Waals surface area contributed by atoms with Crippen molar-refractivity contribution >= 4 is 34.8 Å². The van der Waals surface area contributed by atoms with E-state index >= 15 is 0 Å². The SMILES string of the molecule is ClCOCc1cc(Cl)cc(Cl)c1. The van der Waals surface area contributed by atoms with E-state index in [2.05, 4.69) is 0 Å². The van der Waals surface area contributed by atoms with Crippen LogP contribution in [0.3, 0.4) is 0 Å². The van der Waals surface area contributed by atoms with E-state index in [1.165, 1.54) is 0 Å². The molecular formula is C8H7Cl3O. The molecule has 1 aromatic rings. The van der Waals surface area contributed by atoms with Crippen LogP contribution in [0.1, 0.15) is 5.56 Å². The number of benzene rings is 1. The molecule has 0 saturated carbocycles. The van der Waals surface area contributed by atoms with Crippen molar-refractivity contribution in [3.8, 4) is 0 Å². The number of rotatable bonds is 3. The Morgan fingerprint density at radius 1 is 1.08 bits per heavy atom. The van der Waals surface area contributed by atoms with Gasteiger partial charge in [0.25, 0.3) is 0 Å². The maximum atomic E-state index is 5.76. The highest BCUT2D eigenvalue weighted by Crippen LogP contribution is 2.19. The van der Waals surface area contributed by atoms with E-state index in [4.69, 9.17) is 39.5 Å². The second kappa shape index (κ2) is 4.93. The van der Waals surface area contributed by atoms with Gasteiger partial charge in [0.1, 0.15) is 6.07 Å². The summed E-state index contributed by atoms with van der Waals surface area (Å²) in [6.07, 6.45) is 0. The highest BCUT2D eigenvalue weighted by Gasteiger charge is 1.97. The van der Waals surface area contributed by atoms with E-state index < -0.39 is 0 Å². The fourth-order valence-electron chi connectivity index (χ4n) is 0.851. The van der Waals surface area contributed by atoms with E-state index in [0.29, 0.717) is 16.7 Å². The molecule has 0 aromatic heterocycles. The molecule has 0 aliphatic carbocycles. The summed E-state index contributed by atoms with van der Waals surface area (Å²) in [5, 5.41) is 1.21. The summed E-state index contributed by atoms with van der Waals surface area (Å²) in [5.41, 5.74) is 0.924. The molecule has 0 aliphatic rings. The monoisotopic (exact) mass is 224 g/mol.